The van der Waals surface area contributed by atoms with Gasteiger partial charge in [0.05, 0.1) is 25.2 Å². The van der Waals surface area contributed by atoms with E-state index in [1.54, 1.807) is 13.0 Å². The lowest BCUT2D eigenvalue weighted by molar-refractivity contribution is -0.142. The van der Waals surface area contributed by atoms with Gasteiger partial charge in [-0.3, -0.25) is 9.69 Å². The smallest absolute Gasteiger partial charge is 0.310 e. The molecule has 2 aliphatic heterocycles. The molecule has 0 spiro atoms. The summed E-state index contributed by atoms with van der Waals surface area (Å²) in [5.74, 6) is -0.697. The number of aliphatic hydroxyl groups excluding tert-OH is 1. The van der Waals surface area contributed by atoms with Crippen LogP contribution in [0.4, 0.5) is 10.1 Å². The van der Waals surface area contributed by atoms with Crippen LogP contribution in [0, 0.1) is 5.82 Å². The van der Waals surface area contributed by atoms with E-state index in [9.17, 15) is 14.3 Å². The number of anilines is 1. The fraction of sp³-hybridized carbons (Fsp3) is 0.500. The third-order valence-electron chi connectivity index (χ3n) is 6.67. The number of carbonyl (C=O) groups is 1. The average molecular weight is 490 g/mol. The molecule has 2 atom stereocenters. The number of likely N-dealkylation sites (tertiary alicyclic amines) is 1. The van der Waals surface area contributed by atoms with E-state index >= 15 is 0 Å². The predicted octanol–water partition coefficient (Wildman–Crippen LogP) is 3.39. The first-order chi connectivity index (χ1) is 16.4. The minimum atomic E-state index is -0.564. The van der Waals surface area contributed by atoms with E-state index in [0.29, 0.717) is 37.0 Å². The number of β-amino-alcohol motifs (C(OH)–C–C–N with tert-alkyl or cyclic N) is 1. The molecule has 0 aliphatic carbocycles. The Labute approximate surface area is 205 Å². The standard InChI is InChI=1S/C26H33ClFN3O3/c1-2-34-26(33)13-19-5-8-21(28)14-24(19)31-16-23(25(32)17-31)29-22-9-11-30(12-10-22)15-18-3-6-20(27)7-4-18/h3-8,14,22-23,25,29,32H,2,9-13,15-17H2,1H3/t23?,25-/m1/s1. The van der Waals surface area contributed by atoms with Gasteiger partial charge >= 0.3 is 5.97 Å². The molecule has 1 unspecified atom stereocenters. The maximum absolute atomic E-state index is 14.0. The molecule has 0 aromatic heterocycles. The topological polar surface area (TPSA) is 65.0 Å². The Morgan fingerprint density at radius 2 is 1.91 bits per heavy atom. The monoisotopic (exact) mass is 489 g/mol. The van der Waals surface area contributed by atoms with Crippen LogP contribution in [-0.4, -0.2) is 66.9 Å². The summed E-state index contributed by atoms with van der Waals surface area (Å²) in [6, 6.07) is 12.6. The number of halogens is 2. The van der Waals surface area contributed by atoms with Crippen molar-refractivity contribution in [3.8, 4) is 0 Å². The van der Waals surface area contributed by atoms with E-state index in [0.717, 1.165) is 37.5 Å². The van der Waals surface area contributed by atoms with Gasteiger partial charge in [0.1, 0.15) is 5.82 Å². The summed E-state index contributed by atoms with van der Waals surface area (Å²) in [6.45, 7) is 5.91. The molecular formula is C26H33ClFN3O3. The third-order valence-corrected chi connectivity index (χ3v) is 6.93. The number of piperidine rings is 1. The number of aliphatic hydroxyl groups is 1. The fourth-order valence-electron chi connectivity index (χ4n) is 4.90. The normalized spacial score (nSPS) is 21.7. The molecule has 2 heterocycles. The molecule has 6 nitrogen and oxygen atoms in total. The molecule has 2 aromatic carbocycles. The number of esters is 1. The van der Waals surface area contributed by atoms with Crippen LogP contribution >= 0.6 is 11.6 Å². The van der Waals surface area contributed by atoms with E-state index in [4.69, 9.17) is 16.3 Å². The van der Waals surface area contributed by atoms with Gasteiger partial charge in [-0.25, -0.2) is 4.39 Å². The van der Waals surface area contributed by atoms with Crippen molar-refractivity contribution in [3.63, 3.8) is 0 Å². The summed E-state index contributed by atoms with van der Waals surface area (Å²) in [6.07, 6.45) is 1.53. The van der Waals surface area contributed by atoms with Crippen molar-refractivity contribution in [1.29, 1.82) is 0 Å². The molecule has 4 rings (SSSR count). The summed E-state index contributed by atoms with van der Waals surface area (Å²) in [5.41, 5.74) is 2.61. The molecule has 8 heteroatoms. The van der Waals surface area contributed by atoms with Gasteiger partial charge in [0.15, 0.2) is 0 Å². The minimum absolute atomic E-state index is 0.0836. The number of hydrogen-bond donors (Lipinski definition) is 2. The first kappa shape index (κ1) is 24.9. The zero-order valence-corrected chi connectivity index (χ0v) is 20.3. The Kier molecular flexibility index (Phi) is 8.42. The van der Waals surface area contributed by atoms with E-state index in [2.05, 4.69) is 22.3 Å². The SMILES string of the molecule is CCOC(=O)Cc1ccc(F)cc1N1CC(NC2CCN(Cc3ccc(Cl)cc3)CC2)[C@H](O)C1. The first-order valence-corrected chi connectivity index (χ1v) is 12.4. The predicted molar refractivity (Wildman–Crippen MR) is 132 cm³/mol. The van der Waals surface area contributed by atoms with Crippen molar-refractivity contribution >= 4 is 23.3 Å². The minimum Gasteiger partial charge on any atom is -0.466 e. The Balaban J connectivity index is 1.31. The summed E-state index contributed by atoms with van der Waals surface area (Å²) >= 11 is 5.98. The average Bonchev–Trinajstić information content (AvgIpc) is 3.18. The van der Waals surface area contributed by atoms with Gasteiger partial charge < -0.3 is 20.1 Å². The Hall–Kier alpha value is -2.19. The van der Waals surface area contributed by atoms with Gasteiger partial charge in [0, 0.05) is 36.4 Å². The van der Waals surface area contributed by atoms with Crippen LogP contribution in [0.25, 0.3) is 0 Å². The van der Waals surface area contributed by atoms with Crippen LogP contribution in [0.3, 0.4) is 0 Å². The molecule has 34 heavy (non-hydrogen) atoms. The number of carbonyl (C=O) groups excluding carboxylic acids is 1. The van der Waals surface area contributed by atoms with Crippen LogP contribution in [-0.2, 0) is 22.5 Å². The summed E-state index contributed by atoms with van der Waals surface area (Å²) in [5, 5.41) is 15.1. The highest BCUT2D eigenvalue weighted by molar-refractivity contribution is 6.30. The molecule has 2 fully saturated rings. The van der Waals surface area contributed by atoms with Crippen molar-refractivity contribution in [2.24, 2.45) is 0 Å². The number of nitrogens with one attached hydrogen (secondary N) is 1. The molecule has 0 saturated carbocycles. The maximum Gasteiger partial charge on any atom is 0.310 e. The largest absolute Gasteiger partial charge is 0.466 e. The van der Waals surface area contributed by atoms with Gasteiger partial charge in [-0.2, -0.15) is 0 Å². The summed E-state index contributed by atoms with van der Waals surface area (Å²) in [4.78, 5) is 16.4. The van der Waals surface area contributed by atoms with Crippen LogP contribution in [0.5, 0.6) is 0 Å². The maximum atomic E-state index is 14.0. The molecular weight excluding hydrogens is 457 g/mol. The van der Waals surface area contributed by atoms with Gasteiger partial charge in [-0.1, -0.05) is 29.8 Å². The molecule has 2 N–H and O–H groups in total. The zero-order chi connectivity index (χ0) is 24.1. The first-order valence-electron chi connectivity index (χ1n) is 12.0. The highest BCUT2D eigenvalue weighted by Gasteiger charge is 2.34. The van der Waals surface area contributed by atoms with Gasteiger partial charge in [0.25, 0.3) is 0 Å². The Morgan fingerprint density at radius 3 is 2.62 bits per heavy atom. The number of benzene rings is 2. The quantitative estimate of drug-likeness (QED) is 0.554. The lowest BCUT2D eigenvalue weighted by atomic mass is 10.0. The Morgan fingerprint density at radius 1 is 1.18 bits per heavy atom. The second-order valence-electron chi connectivity index (χ2n) is 9.18. The van der Waals surface area contributed by atoms with Gasteiger partial charge in [0.2, 0.25) is 0 Å². The summed E-state index contributed by atoms with van der Waals surface area (Å²) in [7, 11) is 0. The van der Waals surface area contributed by atoms with E-state index in [1.807, 2.05) is 17.0 Å². The number of rotatable bonds is 8. The number of nitrogens with zero attached hydrogens (tertiary/aromatic N) is 2. The number of hydrogen-bond acceptors (Lipinski definition) is 6. The van der Waals surface area contributed by atoms with Crippen molar-refractivity contribution < 1.29 is 19.0 Å². The van der Waals surface area contributed by atoms with Crippen LogP contribution in [0.2, 0.25) is 5.02 Å². The van der Waals surface area contributed by atoms with E-state index in [-0.39, 0.29) is 24.2 Å². The van der Waals surface area contributed by atoms with Crippen molar-refractivity contribution in [1.82, 2.24) is 10.2 Å². The van der Waals surface area contributed by atoms with Crippen LogP contribution < -0.4 is 10.2 Å². The number of ether oxygens (including phenoxy) is 1. The molecule has 0 radical (unpaired) electrons. The lowest BCUT2D eigenvalue weighted by Gasteiger charge is -2.34. The Bertz CT molecular complexity index is 966. The molecule has 0 bridgehead atoms. The van der Waals surface area contributed by atoms with Crippen molar-refractivity contribution in [3.05, 3.63) is 64.4 Å². The van der Waals surface area contributed by atoms with Gasteiger partial charge in [-0.05, 0) is 68.2 Å². The molecule has 2 aromatic rings. The molecule has 2 aliphatic rings. The second kappa shape index (κ2) is 11.5. The van der Waals surface area contributed by atoms with Crippen LogP contribution in [0.1, 0.15) is 30.9 Å². The highest BCUT2D eigenvalue weighted by Crippen LogP contribution is 2.28. The molecule has 2 saturated heterocycles. The second-order valence-corrected chi connectivity index (χ2v) is 9.61. The van der Waals surface area contributed by atoms with E-state index < -0.39 is 6.10 Å². The highest BCUT2D eigenvalue weighted by atomic mass is 35.5. The van der Waals surface area contributed by atoms with Crippen molar-refractivity contribution in [2.75, 3.05) is 37.7 Å². The fourth-order valence-corrected chi connectivity index (χ4v) is 5.03. The lowest BCUT2D eigenvalue weighted by Crippen LogP contribution is -2.49. The van der Waals surface area contributed by atoms with Crippen molar-refractivity contribution in [2.45, 2.75) is 50.9 Å². The van der Waals surface area contributed by atoms with E-state index in [1.165, 1.54) is 17.7 Å². The zero-order valence-electron chi connectivity index (χ0n) is 19.6. The molecule has 0 amide bonds. The molecule has 184 valence electrons. The van der Waals surface area contributed by atoms with Crippen LogP contribution in [0.15, 0.2) is 42.5 Å². The summed E-state index contributed by atoms with van der Waals surface area (Å²) < 4.78 is 19.1. The van der Waals surface area contributed by atoms with Gasteiger partial charge in [-0.15, -0.1) is 0 Å². The third kappa shape index (κ3) is 6.48.